The van der Waals surface area contributed by atoms with Crippen molar-refractivity contribution in [1.82, 2.24) is 9.97 Å². The van der Waals surface area contributed by atoms with Crippen LogP contribution in [-0.4, -0.2) is 35.8 Å². The molecule has 1 aromatic heterocycles. The summed E-state index contributed by atoms with van der Waals surface area (Å²) < 4.78 is 11.0. The van der Waals surface area contributed by atoms with Gasteiger partial charge in [0.25, 0.3) is 0 Å². The molecule has 2 aromatic rings. The van der Waals surface area contributed by atoms with E-state index in [2.05, 4.69) is 23.2 Å². The van der Waals surface area contributed by atoms with Gasteiger partial charge in [-0.1, -0.05) is 51.0 Å². The van der Waals surface area contributed by atoms with E-state index in [-0.39, 0.29) is 5.97 Å². The summed E-state index contributed by atoms with van der Waals surface area (Å²) in [5, 5.41) is 0. The number of ether oxygens (including phenoxy) is 2. The van der Waals surface area contributed by atoms with E-state index in [1.807, 2.05) is 6.92 Å². The molecule has 2 aliphatic rings. The van der Waals surface area contributed by atoms with Crippen LogP contribution in [0.4, 0.5) is 0 Å². The lowest BCUT2D eigenvalue weighted by atomic mass is 9.74. The molecule has 1 aliphatic carbocycles. The summed E-state index contributed by atoms with van der Waals surface area (Å²) >= 11 is 0. The Morgan fingerprint density at radius 1 is 1.17 bits per heavy atom. The van der Waals surface area contributed by atoms with E-state index in [0.717, 1.165) is 34.8 Å². The lowest BCUT2D eigenvalue weighted by molar-refractivity contribution is -0.154. The van der Waals surface area contributed by atoms with Gasteiger partial charge in [0.05, 0.1) is 23.1 Å². The molecule has 158 valence electrons. The molecule has 0 radical (unpaired) electrons. The molecular formula is C24H34N2O3. The van der Waals surface area contributed by atoms with Crippen LogP contribution < -0.4 is 0 Å². The topological polar surface area (TPSA) is 64.2 Å². The first-order valence-electron chi connectivity index (χ1n) is 11.5. The van der Waals surface area contributed by atoms with Gasteiger partial charge in [0, 0.05) is 19.6 Å². The van der Waals surface area contributed by atoms with Crippen LogP contribution in [0.5, 0.6) is 0 Å². The minimum atomic E-state index is -0.604. The SMILES string of the molecule is CCOC(=O)C1(c2ccc3nc(CC4CCCCCCC4)[nH]c3c2)CCOCC1. The van der Waals surface area contributed by atoms with Gasteiger partial charge in [-0.2, -0.15) is 0 Å². The minimum absolute atomic E-state index is 0.128. The van der Waals surface area contributed by atoms with E-state index in [9.17, 15) is 4.79 Å². The Kier molecular flexibility index (Phi) is 6.53. The highest BCUT2D eigenvalue weighted by Gasteiger charge is 2.43. The van der Waals surface area contributed by atoms with E-state index >= 15 is 0 Å². The van der Waals surface area contributed by atoms with Gasteiger partial charge < -0.3 is 14.5 Å². The number of rotatable bonds is 5. The second-order valence-corrected chi connectivity index (χ2v) is 8.75. The van der Waals surface area contributed by atoms with Gasteiger partial charge in [-0.25, -0.2) is 4.98 Å². The molecule has 4 rings (SSSR count). The number of H-pyrrole nitrogens is 1. The third kappa shape index (κ3) is 4.50. The molecule has 1 aromatic carbocycles. The van der Waals surface area contributed by atoms with Crippen LogP contribution in [0.2, 0.25) is 0 Å². The smallest absolute Gasteiger partial charge is 0.316 e. The van der Waals surface area contributed by atoms with Crippen molar-refractivity contribution in [3.05, 3.63) is 29.6 Å². The van der Waals surface area contributed by atoms with E-state index < -0.39 is 5.41 Å². The number of fused-ring (bicyclic) bond motifs is 1. The molecule has 2 fully saturated rings. The number of carbonyl (C=O) groups is 1. The van der Waals surface area contributed by atoms with Crippen LogP contribution in [0, 0.1) is 5.92 Å². The number of nitrogens with zero attached hydrogens (tertiary/aromatic N) is 1. The molecule has 1 aliphatic heterocycles. The van der Waals surface area contributed by atoms with Gasteiger partial charge in [0.15, 0.2) is 0 Å². The van der Waals surface area contributed by atoms with Crippen molar-refractivity contribution >= 4 is 17.0 Å². The third-order valence-electron chi connectivity index (χ3n) is 6.80. The number of aromatic amines is 1. The fraction of sp³-hybridized carbons (Fsp3) is 0.667. The second kappa shape index (κ2) is 9.29. The van der Waals surface area contributed by atoms with Crippen molar-refractivity contribution in [2.24, 2.45) is 5.92 Å². The Bertz CT molecular complexity index is 815. The molecule has 0 atom stereocenters. The molecule has 1 N–H and O–H groups in total. The van der Waals surface area contributed by atoms with Crippen LogP contribution in [0.3, 0.4) is 0 Å². The summed E-state index contributed by atoms with van der Waals surface area (Å²) in [4.78, 5) is 21.3. The summed E-state index contributed by atoms with van der Waals surface area (Å²) in [6, 6.07) is 6.23. The zero-order valence-corrected chi connectivity index (χ0v) is 17.7. The van der Waals surface area contributed by atoms with Gasteiger partial charge in [-0.3, -0.25) is 4.79 Å². The van der Waals surface area contributed by atoms with E-state index in [1.165, 1.54) is 44.9 Å². The molecular weight excluding hydrogens is 364 g/mol. The number of carbonyl (C=O) groups excluding carboxylic acids is 1. The Morgan fingerprint density at radius 2 is 1.90 bits per heavy atom. The summed E-state index contributed by atoms with van der Waals surface area (Å²) in [6.07, 6.45) is 11.8. The fourth-order valence-electron chi connectivity index (χ4n) is 5.07. The summed E-state index contributed by atoms with van der Waals surface area (Å²) in [5.74, 6) is 1.69. The van der Waals surface area contributed by atoms with E-state index in [0.29, 0.717) is 32.7 Å². The van der Waals surface area contributed by atoms with Gasteiger partial charge in [0.1, 0.15) is 5.82 Å². The van der Waals surface area contributed by atoms with Crippen molar-refractivity contribution in [2.45, 2.75) is 76.5 Å². The molecule has 0 unspecified atom stereocenters. The van der Waals surface area contributed by atoms with Crippen LogP contribution in [-0.2, 0) is 26.1 Å². The van der Waals surface area contributed by atoms with Gasteiger partial charge in [0.2, 0.25) is 0 Å². The van der Waals surface area contributed by atoms with E-state index in [1.54, 1.807) is 0 Å². The Morgan fingerprint density at radius 3 is 2.62 bits per heavy atom. The molecule has 1 saturated carbocycles. The maximum Gasteiger partial charge on any atom is 0.316 e. The molecule has 0 amide bonds. The van der Waals surface area contributed by atoms with Crippen molar-refractivity contribution in [2.75, 3.05) is 19.8 Å². The fourth-order valence-corrected chi connectivity index (χ4v) is 5.07. The molecule has 5 nitrogen and oxygen atoms in total. The maximum atomic E-state index is 12.9. The van der Waals surface area contributed by atoms with Crippen molar-refractivity contribution < 1.29 is 14.3 Å². The summed E-state index contributed by atoms with van der Waals surface area (Å²) in [6.45, 7) is 3.45. The monoisotopic (exact) mass is 398 g/mol. The molecule has 5 heteroatoms. The zero-order valence-electron chi connectivity index (χ0n) is 17.7. The molecule has 0 bridgehead atoms. The predicted octanol–water partition coefficient (Wildman–Crippen LogP) is 5.08. The van der Waals surface area contributed by atoms with Crippen LogP contribution in [0.1, 0.15) is 76.1 Å². The Balaban J connectivity index is 1.57. The highest BCUT2D eigenvalue weighted by atomic mass is 16.5. The van der Waals surface area contributed by atoms with Gasteiger partial charge in [-0.15, -0.1) is 0 Å². The number of aromatic nitrogens is 2. The number of imidazole rings is 1. The van der Waals surface area contributed by atoms with E-state index in [4.69, 9.17) is 14.5 Å². The third-order valence-corrected chi connectivity index (χ3v) is 6.80. The normalized spacial score (nSPS) is 20.9. The summed E-state index contributed by atoms with van der Waals surface area (Å²) in [5.41, 5.74) is 2.43. The van der Waals surface area contributed by atoms with Gasteiger partial charge >= 0.3 is 5.97 Å². The van der Waals surface area contributed by atoms with Crippen molar-refractivity contribution in [3.63, 3.8) is 0 Å². The largest absolute Gasteiger partial charge is 0.465 e. The van der Waals surface area contributed by atoms with Crippen molar-refractivity contribution in [1.29, 1.82) is 0 Å². The number of hydrogen-bond acceptors (Lipinski definition) is 4. The predicted molar refractivity (Wildman–Crippen MR) is 114 cm³/mol. The molecule has 1 saturated heterocycles. The number of hydrogen-bond donors (Lipinski definition) is 1. The van der Waals surface area contributed by atoms with Crippen molar-refractivity contribution in [3.8, 4) is 0 Å². The quantitative estimate of drug-likeness (QED) is 0.714. The lowest BCUT2D eigenvalue weighted by Gasteiger charge is -2.35. The Hall–Kier alpha value is -1.88. The first-order chi connectivity index (χ1) is 14.2. The van der Waals surface area contributed by atoms with Crippen LogP contribution in [0.25, 0.3) is 11.0 Å². The molecule has 0 spiro atoms. The number of nitrogens with one attached hydrogen (secondary N) is 1. The first kappa shape index (κ1) is 20.4. The molecule has 29 heavy (non-hydrogen) atoms. The summed E-state index contributed by atoms with van der Waals surface area (Å²) in [7, 11) is 0. The maximum absolute atomic E-state index is 12.9. The average Bonchev–Trinajstić information content (AvgIpc) is 3.12. The standard InChI is InChI=1S/C24H34N2O3/c1-2-29-23(27)24(12-14-28-15-13-24)19-10-11-20-21(17-19)26-22(25-20)16-18-8-6-4-3-5-7-9-18/h10-11,17-18H,2-9,12-16H2,1H3,(H,25,26). The number of esters is 1. The highest BCUT2D eigenvalue weighted by molar-refractivity contribution is 5.86. The van der Waals surface area contributed by atoms with Gasteiger partial charge in [-0.05, 0) is 43.4 Å². The first-order valence-corrected chi connectivity index (χ1v) is 11.5. The van der Waals surface area contributed by atoms with Crippen LogP contribution >= 0.6 is 0 Å². The average molecular weight is 399 g/mol. The highest BCUT2D eigenvalue weighted by Crippen LogP contribution is 2.37. The lowest BCUT2D eigenvalue weighted by Crippen LogP contribution is -2.42. The number of benzene rings is 1. The zero-order chi connectivity index (χ0) is 20.1. The Labute approximate surface area is 173 Å². The molecule has 2 heterocycles. The minimum Gasteiger partial charge on any atom is -0.465 e. The van der Waals surface area contributed by atoms with Crippen LogP contribution in [0.15, 0.2) is 18.2 Å². The second-order valence-electron chi connectivity index (χ2n) is 8.75.